The molecule has 6 heteroatoms. The summed E-state index contributed by atoms with van der Waals surface area (Å²) in [7, 11) is 1.53. The lowest BCUT2D eigenvalue weighted by atomic mass is 10.1. The molecule has 2 amide bonds. The van der Waals surface area contributed by atoms with Crippen LogP contribution in [0.2, 0.25) is 0 Å². The molecule has 0 bridgehead atoms. The third-order valence-electron chi connectivity index (χ3n) is 1.81. The summed E-state index contributed by atoms with van der Waals surface area (Å²) in [6.07, 6.45) is -1.23. The van der Waals surface area contributed by atoms with Crippen LogP contribution in [-0.4, -0.2) is 24.2 Å². The fraction of sp³-hybridized carbons (Fsp3) is 0.200. The predicted octanol–water partition coefficient (Wildman–Crippen LogP) is 0.536. The fourth-order valence-electron chi connectivity index (χ4n) is 1.14. The van der Waals surface area contributed by atoms with Crippen molar-refractivity contribution in [2.75, 3.05) is 7.11 Å². The van der Waals surface area contributed by atoms with E-state index in [2.05, 4.69) is 0 Å². The van der Waals surface area contributed by atoms with Gasteiger partial charge in [0.25, 0.3) is 0 Å². The Kier molecular flexibility index (Phi) is 4.14. The second kappa shape index (κ2) is 5.59. The number of hydrogen-bond acceptors (Lipinski definition) is 3. The Morgan fingerprint density at radius 3 is 2.75 bits per heavy atom. The maximum absolute atomic E-state index is 11.2. The Bertz CT molecular complexity index is 392. The SMILES string of the molecule is COc1cccc(CC(=O)NNC(=O)O)c1. The average Bonchev–Trinajstić information content (AvgIpc) is 2.26. The highest BCUT2D eigenvalue weighted by Gasteiger charge is 2.04. The van der Waals surface area contributed by atoms with E-state index in [1.807, 2.05) is 5.43 Å². The van der Waals surface area contributed by atoms with Crippen LogP contribution in [0.15, 0.2) is 24.3 Å². The zero-order valence-corrected chi connectivity index (χ0v) is 8.69. The summed E-state index contributed by atoms with van der Waals surface area (Å²) in [5.41, 5.74) is 4.56. The molecule has 0 unspecified atom stereocenters. The van der Waals surface area contributed by atoms with Crippen LogP contribution in [0.25, 0.3) is 0 Å². The molecule has 0 saturated heterocycles. The number of hydrogen-bond donors (Lipinski definition) is 3. The van der Waals surface area contributed by atoms with Crippen LogP contribution in [0.1, 0.15) is 5.56 Å². The van der Waals surface area contributed by atoms with Crippen molar-refractivity contribution in [1.29, 1.82) is 0 Å². The van der Waals surface area contributed by atoms with Crippen LogP contribution in [0.4, 0.5) is 4.79 Å². The van der Waals surface area contributed by atoms with E-state index in [1.54, 1.807) is 29.7 Å². The molecule has 1 aromatic rings. The van der Waals surface area contributed by atoms with E-state index < -0.39 is 12.0 Å². The predicted molar refractivity (Wildman–Crippen MR) is 56.0 cm³/mol. The van der Waals surface area contributed by atoms with Gasteiger partial charge in [0, 0.05) is 0 Å². The normalized spacial score (nSPS) is 9.31. The molecule has 0 aliphatic heterocycles. The first kappa shape index (κ1) is 11.8. The van der Waals surface area contributed by atoms with Gasteiger partial charge in [-0.25, -0.2) is 10.2 Å². The molecule has 6 nitrogen and oxygen atoms in total. The van der Waals surface area contributed by atoms with Gasteiger partial charge in [-0.05, 0) is 17.7 Å². The summed E-state index contributed by atoms with van der Waals surface area (Å²) in [4.78, 5) is 21.3. The van der Waals surface area contributed by atoms with E-state index >= 15 is 0 Å². The van der Waals surface area contributed by atoms with Crippen LogP contribution in [0.3, 0.4) is 0 Å². The van der Waals surface area contributed by atoms with Gasteiger partial charge in [-0.15, -0.1) is 0 Å². The number of nitrogens with one attached hydrogen (secondary N) is 2. The van der Waals surface area contributed by atoms with Crippen molar-refractivity contribution in [3.8, 4) is 5.75 Å². The number of ether oxygens (including phenoxy) is 1. The van der Waals surface area contributed by atoms with Gasteiger partial charge in [-0.1, -0.05) is 12.1 Å². The summed E-state index contributed by atoms with van der Waals surface area (Å²) < 4.78 is 4.99. The maximum atomic E-state index is 11.2. The molecule has 0 saturated carbocycles. The minimum Gasteiger partial charge on any atom is -0.497 e. The van der Waals surface area contributed by atoms with Gasteiger partial charge in [0.05, 0.1) is 13.5 Å². The van der Waals surface area contributed by atoms with Crippen molar-refractivity contribution in [2.24, 2.45) is 0 Å². The quantitative estimate of drug-likeness (QED) is 0.654. The number of benzene rings is 1. The largest absolute Gasteiger partial charge is 0.497 e. The second-order valence-corrected chi connectivity index (χ2v) is 3.01. The van der Waals surface area contributed by atoms with Gasteiger partial charge < -0.3 is 9.84 Å². The number of methoxy groups -OCH3 is 1. The molecule has 0 aromatic heterocycles. The van der Waals surface area contributed by atoms with E-state index in [0.717, 1.165) is 5.56 Å². The summed E-state index contributed by atoms with van der Waals surface area (Å²) in [5.74, 6) is 0.215. The zero-order valence-electron chi connectivity index (χ0n) is 8.69. The lowest BCUT2D eigenvalue weighted by Gasteiger charge is -2.05. The zero-order chi connectivity index (χ0) is 12.0. The molecule has 1 rings (SSSR count). The molecule has 1 aromatic carbocycles. The molecule has 16 heavy (non-hydrogen) atoms. The van der Waals surface area contributed by atoms with Crippen LogP contribution in [0.5, 0.6) is 5.75 Å². The third-order valence-corrected chi connectivity index (χ3v) is 1.81. The van der Waals surface area contributed by atoms with Crippen molar-refractivity contribution in [3.63, 3.8) is 0 Å². The second-order valence-electron chi connectivity index (χ2n) is 3.01. The number of carbonyl (C=O) groups is 2. The van der Waals surface area contributed by atoms with Gasteiger partial charge in [-0.2, -0.15) is 0 Å². The van der Waals surface area contributed by atoms with Gasteiger partial charge in [0.1, 0.15) is 5.75 Å². The van der Waals surface area contributed by atoms with E-state index in [9.17, 15) is 9.59 Å². The summed E-state index contributed by atoms with van der Waals surface area (Å²) in [6, 6.07) is 6.98. The average molecular weight is 224 g/mol. The van der Waals surface area contributed by atoms with Gasteiger partial charge in [0.15, 0.2) is 0 Å². The molecule has 0 aliphatic rings. The van der Waals surface area contributed by atoms with Gasteiger partial charge in [0.2, 0.25) is 5.91 Å². The first-order valence-corrected chi connectivity index (χ1v) is 4.52. The van der Waals surface area contributed by atoms with E-state index in [0.29, 0.717) is 5.75 Å². The van der Waals surface area contributed by atoms with E-state index in [4.69, 9.17) is 9.84 Å². The maximum Gasteiger partial charge on any atom is 0.423 e. The summed E-state index contributed by atoms with van der Waals surface area (Å²) in [6.45, 7) is 0. The van der Waals surface area contributed by atoms with Crippen molar-refractivity contribution in [2.45, 2.75) is 6.42 Å². The van der Waals surface area contributed by atoms with E-state index in [1.165, 1.54) is 7.11 Å². The summed E-state index contributed by atoms with van der Waals surface area (Å²) >= 11 is 0. The number of hydrazine groups is 1. The van der Waals surface area contributed by atoms with Crippen LogP contribution in [-0.2, 0) is 11.2 Å². The Morgan fingerprint density at radius 2 is 2.12 bits per heavy atom. The Morgan fingerprint density at radius 1 is 1.38 bits per heavy atom. The molecular weight excluding hydrogens is 212 g/mol. The Hall–Kier alpha value is -2.24. The molecule has 0 heterocycles. The molecular formula is C10H12N2O4. The van der Waals surface area contributed by atoms with E-state index in [-0.39, 0.29) is 6.42 Å². The molecule has 0 aliphatic carbocycles. The minimum atomic E-state index is -1.31. The third kappa shape index (κ3) is 3.87. The molecule has 0 radical (unpaired) electrons. The van der Waals surface area contributed by atoms with Gasteiger partial charge >= 0.3 is 6.09 Å². The minimum absolute atomic E-state index is 0.0808. The number of carboxylic acid groups (broad SMARTS) is 1. The highest BCUT2D eigenvalue weighted by atomic mass is 16.5. The van der Waals surface area contributed by atoms with Crippen molar-refractivity contribution < 1.29 is 19.4 Å². The topological polar surface area (TPSA) is 87.7 Å². The molecule has 0 atom stereocenters. The number of rotatable bonds is 3. The molecule has 86 valence electrons. The van der Waals surface area contributed by atoms with Crippen LogP contribution in [0, 0.1) is 0 Å². The van der Waals surface area contributed by atoms with Crippen LogP contribution >= 0.6 is 0 Å². The first-order valence-electron chi connectivity index (χ1n) is 4.52. The van der Waals surface area contributed by atoms with Crippen LogP contribution < -0.4 is 15.6 Å². The van der Waals surface area contributed by atoms with Crippen molar-refractivity contribution in [1.82, 2.24) is 10.9 Å². The van der Waals surface area contributed by atoms with Gasteiger partial charge in [-0.3, -0.25) is 10.2 Å². The molecule has 0 fully saturated rings. The molecule has 0 spiro atoms. The Labute approximate surface area is 92.2 Å². The lowest BCUT2D eigenvalue weighted by Crippen LogP contribution is -2.41. The number of amides is 2. The lowest BCUT2D eigenvalue weighted by molar-refractivity contribution is -0.121. The highest BCUT2D eigenvalue weighted by Crippen LogP contribution is 2.12. The molecule has 3 N–H and O–H groups in total. The van der Waals surface area contributed by atoms with Crippen molar-refractivity contribution >= 4 is 12.0 Å². The Balaban J connectivity index is 2.52. The fourth-order valence-corrected chi connectivity index (χ4v) is 1.14. The smallest absolute Gasteiger partial charge is 0.423 e. The highest BCUT2D eigenvalue weighted by molar-refractivity contribution is 5.80. The standard InChI is InChI=1S/C10H12N2O4/c1-16-8-4-2-3-7(5-8)6-9(13)11-12-10(14)15/h2-5,12H,6H2,1H3,(H,11,13)(H,14,15). The number of carbonyl (C=O) groups excluding carboxylic acids is 1. The van der Waals surface area contributed by atoms with Crippen molar-refractivity contribution in [3.05, 3.63) is 29.8 Å². The first-order chi connectivity index (χ1) is 7.61. The monoisotopic (exact) mass is 224 g/mol. The summed E-state index contributed by atoms with van der Waals surface area (Å²) in [5, 5.41) is 8.26.